The molecule has 0 saturated carbocycles. The Morgan fingerprint density at radius 1 is 1.17 bits per heavy atom. The number of aromatic nitrogens is 3. The van der Waals surface area contributed by atoms with Crippen LogP contribution in [0.15, 0.2) is 41.6 Å². The third-order valence-corrected chi connectivity index (χ3v) is 5.89. The molecule has 152 valence electrons. The Kier molecular flexibility index (Phi) is 7.05. The van der Waals surface area contributed by atoms with E-state index >= 15 is 0 Å². The van der Waals surface area contributed by atoms with E-state index < -0.39 is 0 Å². The number of nitrogens with zero attached hydrogens (tertiary/aromatic N) is 3. The van der Waals surface area contributed by atoms with Gasteiger partial charge >= 0.3 is 0 Å². The molecule has 1 amide bonds. The van der Waals surface area contributed by atoms with Crippen LogP contribution < -0.4 is 10.1 Å². The van der Waals surface area contributed by atoms with Gasteiger partial charge in [-0.15, -0.1) is 10.2 Å². The Morgan fingerprint density at radius 3 is 2.62 bits per heavy atom. The first kappa shape index (κ1) is 21.5. The van der Waals surface area contributed by atoms with Gasteiger partial charge in [-0.05, 0) is 49.2 Å². The second-order valence-electron chi connectivity index (χ2n) is 6.51. The third-order valence-electron chi connectivity index (χ3n) is 4.05. The highest BCUT2D eigenvalue weighted by molar-refractivity contribution is 7.99. The number of benzene rings is 2. The van der Waals surface area contributed by atoms with Crippen molar-refractivity contribution in [3.63, 3.8) is 0 Å². The maximum atomic E-state index is 12.2. The van der Waals surface area contributed by atoms with Gasteiger partial charge in [-0.25, -0.2) is 0 Å². The first-order valence-corrected chi connectivity index (χ1v) is 10.5. The number of hydrogen-bond acceptors (Lipinski definition) is 5. The highest BCUT2D eigenvalue weighted by Crippen LogP contribution is 2.29. The molecule has 6 nitrogen and oxygen atoms in total. The van der Waals surface area contributed by atoms with Gasteiger partial charge in [0.1, 0.15) is 12.4 Å². The van der Waals surface area contributed by atoms with Crippen molar-refractivity contribution < 1.29 is 9.53 Å². The predicted molar refractivity (Wildman–Crippen MR) is 117 cm³/mol. The Balaban J connectivity index is 1.56. The van der Waals surface area contributed by atoms with E-state index in [-0.39, 0.29) is 18.3 Å². The van der Waals surface area contributed by atoms with Crippen LogP contribution in [0.25, 0.3) is 0 Å². The highest BCUT2D eigenvalue weighted by atomic mass is 35.5. The van der Waals surface area contributed by atoms with Gasteiger partial charge in [-0.2, -0.15) is 0 Å². The zero-order chi connectivity index (χ0) is 21.0. The average molecular weight is 451 g/mol. The van der Waals surface area contributed by atoms with E-state index in [1.165, 1.54) is 11.8 Å². The van der Waals surface area contributed by atoms with Crippen LogP contribution in [0, 0.1) is 13.8 Å². The number of thioether (sulfide) groups is 1. The molecule has 1 heterocycles. The minimum absolute atomic E-state index is 0.159. The lowest BCUT2D eigenvalue weighted by molar-refractivity contribution is -0.113. The number of anilines is 1. The molecule has 0 radical (unpaired) electrons. The number of halogens is 2. The van der Waals surface area contributed by atoms with Gasteiger partial charge in [0, 0.05) is 7.05 Å². The van der Waals surface area contributed by atoms with Crippen LogP contribution in [-0.4, -0.2) is 26.4 Å². The van der Waals surface area contributed by atoms with Crippen molar-refractivity contribution in [2.75, 3.05) is 11.1 Å². The quantitative estimate of drug-likeness (QED) is 0.510. The van der Waals surface area contributed by atoms with Crippen LogP contribution in [0.3, 0.4) is 0 Å². The summed E-state index contributed by atoms with van der Waals surface area (Å²) in [6, 6.07) is 11.1. The highest BCUT2D eigenvalue weighted by Gasteiger charge is 2.13. The Bertz CT molecular complexity index is 1020. The maximum Gasteiger partial charge on any atom is 0.234 e. The summed E-state index contributed by atoms with van der Waals surface area (Å²) in [5.41, 5.74) is 2.75. The van der Waals surface area contributed by atoms with Crippen LogP contribution >= 0.6 is 35.0 Å². The largest absolute Gasteiger partial charge is 0.486 e. The number of aryl methyl sites for hydroxylation is 2. The monoisotopic (exact) mass is 450 g/mol. The van der Waals surface area contributed by atoms with E-state index in [2.05, 4.69) is 21.6 Å². The molecule has 29 heavy (non-hydrogen) atoms. The first-order chi connectivity index (χ1) is 13.8. The molecular formula is C20H20Cl2N4O2S. The standard InChI is InChI=1S/C20H20Cl2N4O2S/c1-12-7-13(2)9-14(8-12)28-10-17-24-25-20(26(17)3)29-11-18(27)23-16-6-4-5-15(21)19(16)22/h4-9H,10-11H2,1-3H3,(H,23,27). The number of hydrogen-bond donors (Lipinski definition) is 1. The molecule has 1 N–H and O–H groups in total. The van der Waals surface area contributed by atoms with Crippen LogP contribution in [0.4, 0.5) is 5.69 Å². The van der Waals surface area contributed by atoms with Gasteiger partial charge in [0.05, 0.1) is 21.5 Å². The minimum Gasteiger partial charge on any atom is -0.486 e. The lowest BCUT2D eigenvalue weighted by Gasteiger charge is -2.09. The molecule has 3 rings (SSSR count). The summed E-state index contributed by atoms with van der Waals surface area (Å²) >= 11 is 13.3. The molecule has 0 fully saturated rings. The molecule has 9 heteroatoms. The van der Waals surface area contributed by atoms with E-state index in [1.54, 1.807) is 18.2 Å². The lowest BCUT2D eigenvalue weighted by Crippen LogP contribution is -2.15. The van der Waals surface area contributed by atoms with Crippen molar-refractivity contribution in [1.29, 1.82) is 0 Å². The molecule has 1 aromatic heterocycles. The van der Waals surface area contributed by atoms with E-state index in [0.717, 1.165) is 16.9 Å². The molecule has 0 spiro atoms. The zero-order valence-electron chi connectivity index (χ0n) is 16.2. The normalized spacial score (nSPS) is 10.8. The predicted octanol–water partition coefficient (Wildman–Crippen LogP) is 5.05. The summed E-state index contributed by atoms with van der Waals surface area (Å²) in [4.78, 5) is 12.2. The molecule has 0 aliphatic rings. The number of amides is 1. The third kappa shape index (κ3) is 5.65. The van der Waals surface area contributed by atoms with Gasteiger partial charge in [0.2, 0.25) is 5.91 Å². The molecule has 0 aliphatic carbocycles. The van der Waals surface area contributed by atoms with Crippen LogP contribution in [-0.2, 0) is 18.4 Å². The number of carbonyl (C=O) groups excluding carboxylic acids is 1. The average Bonchev–Trinajstić information content (AvgIpc) is 3.01. The van der Waals surface area contributed by atoms with E-state index in [9.17, 15) is 4.79 Å². The molecule has 2 aromatic carbocycles. The van der Waals surface area contributed by atoms with Gasteiger partial charge in [-0.3, -0.25) is 4.79 Å². The Hall–Kier alpha value is -2.22. The van der Waals surface area contributed by atoms with Crippen LogP contribution in [0.2, 0.25) is 10.0 Å². The second-order valence-corrected chi connectivity index (χ2v) is 8.24. The number of carbonyl (C=O) groups is 1. The second kappa shape index (κ2) is 9.52. The van der Waals surface area contributed by atoms with Gasteiger partial charge in [0.15, 0.2) is 11.0 Å². The number of rotatable bonds is 7. The first-order valence-electron chi connectivity index (χ1n) is 8.79. The van der Waals surface area contributed by atoms with Crippen molar-refractivity contribution in [1.82, 2.24) is 14.8 Å². The summed E-state index contributed by atoms with van der Waals surface area (Å²) in [6.45, 7) is 4.34. The molecule has 3 aromatic rings. The zero-order valence-corrected chi connectivity index (χ0v) is 18.5. The molecule has 0 saturated heterocycles. The number of nitrogens with one attached hydrogen (secondary N) is 1. The SMILES string of the molecule is Cc1cc(C)cc(OCc2nnc(SCC(=O)Nc3cccc(Cl)c3Cl)n2C)c1. The van der Waals surface area contributed by atoms with Crippen LogP contribution in [0.1, 0.15) is 17.0 Å². The summed E-state index contributed by atoms with van der Waals surface area (Å²) < 4.78 is 7.65. The fourth-order valence-electron chi connectivity index (χ4n) is 2.68. The van der Waals surface area contributed by atoms with Crippen molar-refractivity contribution in [2.45, 2.75) is 25.6 Å². The van der Waals surface area contributed by atoms with Gasteiger partial charge in [-0.1, -0.05) is 47.1 Å². The topological polar surface area (TPSA) is 69.0 Å². The van der Waals surface area contributed by atoms with Gasteiger partial charge < -0.3 is 14.6 Å². The van der Waals surface area contributed by atoms with Crippen molar-refractivity contribution in [3.05, 3.63) is 63.4 Å². The summed E-state index contributed by atoms with van der Waals surface area (Å²) in [5, 5.41) is 12.4. The molecule has 0 aliphatic heterocycles. The summed E-state index contributed by atoms with van der Waals surface area (Å²) in [7, 11) is 1.84. The maximum absolute atomic E-state index is 12.2. The minimum atomic E-state index is -0.213. The van der Waals surface area contributed by atoms with Crippen molar-refractivity contribution in [3.8, 4) is 5.75 Å². The van der Waals surface area contributed by atoms with Crippen molar-refractivity contribution >= 4 is 46.6 Å². The van der Waals surface area contributed by atoms with Gasteiger partial charge in [0.25, 0.3) is 0 Å². The van der Waals surface area contributed by atoms with E-state index in [1.807, 2.05) is 37.6 Å². The number of ether oxygens (including phenoxy) is 1. The smallest absolute Gasteiger partial charge is 0.234 e. The summed E-state index contributed by atoms with van der Waals surface area (Å²) in [6.07, 6.45) is 0. The fourth-order valence-corrected chi connectivity index (χ4v) is 3.75. The van der Waals surface area contributed by atoms with Crippen LogP contribution in [0.5, 0.6) is 5.75 Å². The fraction of sp³-hybridized carbons (Fsp3) is 0.250. The molecular weight excluding hydrogens is 431 g/mol. The molecule has 0 bridgehead atoms. The summed E-state index contributed by atoms with van der Waals surface area (Å²) in [5.74, 6) is 1.41. The van der Waals surface area contributed by atoms with Crippen molar-refractivity contribution in [2.24, 2.45) is 7.05 Å². The molecule has 0 unspecified atom stereocenters. The lowest BCUT2D eigenvalue weighted by atomic mass is 10.1. The molecule has 0 atom stereocenters. The van der Waals surface area contributed by atoms with E-state index in [4.69, 9.17) is 27.9 Å². The Morgan fingerprint density at radius 2 is 1.90 bits per heavy atom. The Labute approximate surface area is 183 Å². The van der Waals surface area contributed by atoms with E-state index in [0.29, 0.717) is 26.7 Å².